The second-order valence-corrected chi connectivity index (χ2v) is 34.0. The van der Waals surface area contributed by atoms with E-state index in [0.29, 0.717) is 87.2 Å². The molecule has 0 unspecified atom stereocenters. The van der Waals surface area contributed by atoms with E-state index in [2.05, 4.69) is 197 Å². The van der Waals surface area contributed by atoms with E-state index in [4.69, 9.17) is 86.7 Å². The van der Waals surface area contributed by atoms with Crippen molar-refractivity contribution in [3.05, 3.63) is 311 Å². The van der Waals surface area contributed by atoms with Crippen LogP contribution in [0.4, 0.5) is 0 Å². The first-order valence-corrected chi connectivity index (χ1v) is 45.6. The van der Waals surface area contributed by atoms with Gasteiger partial charge in [0.1, 0.15) is 98.9 Å². The summed E-state index contributed by atoms with van der Waals surface area (Å²) >= 11 is 0. The van der Waals surface area contributed by atoms with E-state index >= 15 is 0 Å². The minimum atomic E-state index is 0.230. The summed E-state index contributed by atoms with van der Waals surface area (Å²) in [4.78, 5) is 40.4. The molecule has 666 valence electrons. The average molecular weight is 1770 g/mol. The third-order valence-electron chi connectivity index (χ3n) is 24.6. The number of fused-ring (bicyclic) bond motifs is 12. The molecule has 0 aliphatic carbocycles. The minimum absolute atomic E-state index is 0.230. The molecule has 20 heteroatoms. The normalized spacial score (nSPS) is 14.3. The number of ether oxygens (including phenoxy) is 12. The second-order valence-electron chi connectivity index (χ2n) is 34.0. The van der Waals surface area contributed by atoms with Crippen molar-refractivity contribution in [1.29, 1.82) is 0 Å². The van der Waals surface area contributed by atoms with Gasteiger partial charge in [0.15, 0.2) is 0 Å². The molecule has 15 heterocycles. The van der Waals surface area contributed by atoms with Gasteiger partial charge in [-0.2, -0.15) is 0 Å². The molecular weight excluding hydrogens is 1670 g/mol. The summed E-state index contributed by atoms with van der Waals surface area (Å²) in [5.41, 5.74) is 30.5. The van der Waals surface area contributed by atoms with Gasteiger partial charge in [-0.1, -0.05) is 83.9 Å². The SMILES string of the molecule is Cc1cc(C)c(-c2c3nc(c(-c4cc5cc(c4)OCCOCCOc4ccc(cc4)-c4ccc6ccc7ccc(nc7c6n4)-c4ccc(cc4)OCCOCCO5)c4ccc([nH]4)c(-c4c(C)cc(C)cc4C)c4nc(c(-c5cc6cc(c5)OCCOCCOc5ccc(cc5)-c5ccc7ccc8ccc(nc8c7n5)-c5ccc(cc5)OCCOCCO6)c5ccc2[nH]5)C=C4)C=C3)c(C)c1. The van der Waals surface area contributed by atoms with Crippen LogP contribution in [0.15, 0.2) is 255 Å². The minimum Gasteiger partial charge on any atom is -0.491 e. The summed E-state index contributed by atoms with van der Waals surface area (Å²) in [6.45, 7) is 17.7. The zero-order chi connectivity index (χ0) is 90.5. The molecule has 0 saturated heterocycles. The lowest BCUT2D eigenvalue weighted by atomic mass is 9.92. The molecular formula is C114H98N8O12. The Kier molecular flexibility index (Phi) is 24.4. The largest absolute Gasteiger partial charge is 0.491 e. The van der Waals surface area contributed by atoms with Crippen LogP contribution in [0.2, 0.25) is 0 Å². The highest BCUT2D eigenvalue weighted by atomic mass is 16.6. The monoisotopic (exact) mass is 1770 g/mol. The van der Waals surface area contributed by atoms with Crippen molar-refractivity contribution in [3.8, 4) is 136 Å². The van der Waals surface area contributed by atoms with Crippen LogP contribution < -0.4 is 37.9 Å². The summed E-state index contributed by atoms with van der Waals surface area (Å²) in [6, 6.07) is 86.6. The fourth-order valence-electron chi connectivity index (χ4n) is 18.5. The zero-order valence-electron chi connectivity index (χ0n) is 75.5. The van der Waals surface area contributed by atoms with Gasteiger partial charge < -0.3 is 66.8 Å². The summed E-state index contributed by atoms with van der Waals surface area (Å²) in [6.07, 6.45) is 8.48. The van der Waals surface area contributed by atoms with Crippen molar-refractivity contribution in [1.82, 2.24) is 39.9 Å². The van der Waals surface area contributed by atoms with E-state index in [1.807, 2.05) is 133 Å². The van der Waals surface area contributed by atoms with E-state index in [1.165, 1.54) is 0 Å². The number of aromatic nitrogens is 8. The zero-order valence-corrected chi connectivity index (χ0v) is 75.5. The Morgan fingerprint density at radius 1 is 0.194 bits per heavy atom. The predicted molar refractivity (Wildman–Crippen MR) is 532 cm³/mol. The van der Waals surface area contributed by atoms with Gasteiger partial charge in [0, 0.05) is 100 Å². The van der Waals surface area contributed by atoms with Gasteiger partial charge in [0.2, 0.25) is 0 Å². The first-order chi connectivity index (χ1) is 65.8. The number of H-pyrrole nitrogens is 2. The Hall–Kier alpha value is -15.3. The van der Waals surface area contributed by atoms with Crippen molar-refractivity contribution in [2.75, 3.05) is 106 Å². The Morgan fingerprint density at radius 3 is 0.672 bits per heavy atom. The molecule has 0 radical (unpaired) electrons. The first kappa shape index (κ1) is 85.5. The highest BCUT2D eigenvalue weighted by Crippen LogP contribution is 2.45. The van der Waals surface area contributed by atoms with Crippen molar-refractivity contribution in [2.24, 2.45) is 0 Å². The van der Waals surface area contributed by atoms with Gasteiger partial charge in [0.05, 0.1) is 120 Å². The molecule has 0 fully saturated rings. The maximum absolute atomic E-state index is 6.74. The molecule has 2 N–H and O–H groups in total. The predicted octanol–water partition coefficient (Wildman–Crippen LogP) is 24.6. The number of nitrogens with zero attached hydrogens (tertiary/aromatic N) is 6. The lowest BCUT2D eigenvalue weighted by molar-refractivity contribution is 0.0747. The summed E-state index contributed by atoms with van der Waals surface area (Å²) in [5.74, 6) is 5.13. The maximum Gasteiger partial charge on any atom is 0.123 e. The molecule has 25 rings (SSSR count). The van der Waals surface area contributed by atoms with Crippen molar-refractivity contribution in [2.45, 2.75) is 41.5 Å². The smallest absolute Gasteiger partial charge is 0.123 e. The highest BCUT2D eigenvalue weighted by molar-refractivity contribution is 6.07. The van der Waals surface area contributed by atoms with Crippen LogP contribution in [-0.4, -0.2) is 146 Å². The lowest BCUT2D eigenvalue weighted by Gasteiger charge is -2.15. The quantitative estimate of drug-likeness (QED) is 0.156. The van der Waals surface area contributed by atoms with E-state index in [-0.39, 0.29) is 52.9 Å². The van der Waals surface area contributed by atoms with E-state index in [9.17, 15) is 0 Å². The number of nitrogens with one attached hydrogen (secondary N) is 2. The van der Waals surface area contributed by atoms with Crippen LogP contribution in [0.5, 0.6) is 46.0 Å². The molecule has 7 aromatic heterocycles. The number of hydrogen-bond donors (Lipinski definition) is 2. The van der Waals surface area contributed by atoms with Crippen LogP contribution >= 0.6 is 0 Å². The number of pyridine rings is 4. The number of benzene rings is 10. The number of rotatable bonds is 4. The van der Waals surface area contributed by atoms with Gasteiger partial charge in [0.25, 0.3) is 0 Å². The van der Waals surface area contributed by atoms with Crippen LogP contribution in [0.3, 0.4) is 0 Å². The molecule has 0 spiro atoms. The Balaban J connectivity index is 0.628. The number of aromatic amines is 2. The van der Waals surface area contributed by atoms with E-state index in [0.717, 1.165) is 223 Å². The molecule has 0 saturated carbocycles. The summed E-state index contributed by atoms with van der Waals surface area (Å²) in [5, 5.41) is 4.04. The third kappa shape index (κ3) is 18.5. The van der Waals surface area contributed by atoms with E-state index in [1.54, 1.807) is 0 Å². The highest BCUT2D eigenvalue weighted by Gasteiger charge is 2.25. The van der Waals surface area contributed by atoms with Crippen LogP contribution in [0.1, 0.15) is 56.2 Å². The van der Waals surface area contributed by atoms with E-state index < -0.39 is 0 Å². The van der Waals surface area contributed by atoms with Gasteiger partial charge in [-0.25, -0.2) is 29.9 Å². The van der Waals surface area contributed by atoms with Gasteiger partial charge in [-0.15, -0.1) is 0 Å². The first-order valence-electron chi connectivity index (χ1n) is 45.6. The topological polar surface area (TPSA) is 220 Å². The average Bonchev–Trinajstić information content (AvgIpc) is 1.40. The number of aryl methyl sites for hydroxylation is 6. The van der Waals surface area contributed by atoms with Crippen LogP contribution in [0, 0.1) is 41.5 Å². The Labute approximate surface area is 775 Å². The molecule has 10 aromatic carbocycles. The Morgan fingerprint density at radius 2 is 0.418 bits per heavy atom. The molecule has 17 aromatic rings. The van der Waals surface area contributed by atoms with Crippen LogP contribution in [-0.2, 0) is 18.9 Å². The Bertz CT molecular complexity index is 6830. The van der Waals surface area contributed by atoms with Gasteiger partial charge in [-0.3, -0.25) is 0 Å². The molecule has 134 heavy (non-hydrogen) atoms. The second kappa shape index (κ2) is 38.2. The van der Waals surface area contributed by atoms with Gasteiger partial charge in [-0.05, 0) is 280 Å². The molecule has 0 atom stereocenters. The van der Waals surface area contributed by atoms with Gasteiger partial charge >= 0.3 is 0 Å². The number of hydrogen-bond acceptors (Lipinski definition) is 18. The molecule has 0 amide bonds. The molecule has 8 aliphatic heterocycles. The fraction of sp³-hybridized carbons (Fsp3) is 0.193. The standard InChI is InChI=1S/C114H98N8O12/c1-69-59-71(3)105(72(4)60-69)109-101-39-35-97(115-101)107(83-63-89-67-90(64-83)132-56-48-124-44-52-128-86-25-13-76(14-26-86)94-32-20-80-8-7-79-19-31-93(119-111(79)112(80)120-94)75-11-23-85(24-12-75)127-51-43-123-47-55-131-89)99-37-41-103(117-99)110(106-73(5)61-70(2)62-74(106)6)104-42-38-100(118-104)108(98-36-40-102(109)116-98)84-65-91-68-92(66-84)134-58-50-126-46-54-130-88-29-17-78(18-30-88)96-34-22-82-10-9-81-21-33-95(121-113(81)114(82)122-96)77-15-27-87(28-16-77)129-53-45-125-49-57-133-91/h7-42,59-68,115,118H,43-58H2,1-6H3. The summed E-state index contributed by atoms with van der Waals surface area (Å²) in [7, 11) is 0. The van der Waals surface area contributed by atoms with Crippen LogP contribution in [0.25, 0.3) is 180 Å². The third-order valence-corrected chi connectivity index (χ3v) is 24.6. The fourth-order valence-corrected chi connectivity index (χ4v) is 18.5. The molecule has 28 bridgehead atoms. The maximum atomic E-state index is 6.74. The molecule has 20 nitrogen and oxygen atoms in total. The molecule has 8 aliphatic rings. The van der Waals surface area contributed by atoms with Crippen molar-refractivity contribution in [3.63, 3.8) is 0 Å². The van der Waals surface area contributed by atoms with Crippen molar-refractivity contribution < 1.29 is 56.8 Å². The van der Waals surface area contributed by atoms with Crippen molar-refractivity contribution >= 4 is 90.0 Å². The lowest BCUT2D eigenvalue weighted by Crippen LogP contribution is -2.13. The summed E-state index contributed by atoms with van der Waals surface area (Å²) < 4.78 is 76.9.